The SMILES string of the molecule is COc1ncccc1NC(=O)N1CCC[C@@H](N2CCCCC2)C1. The number of anilines is 1. The van der Waals surface area contributed by atoms with E-state index in [1.165, 1.54) is 38.8 Å². The second-order valence-corrected chi connectivity index (χ2v) is 6.33. The largest absolute Gasteiger partial charge is 0.480 e. The maximum absolute atomic E-state index is 12.6. The van der Waals surface area contributed by atoms with Crippen LogP contribution in [0.2, 0.25) is 0 Å². The molecule has 0 spiro atoms. The van der Waals surface area contributed by atoms with Gasteiger partial charge in [-0.15, -0.1) is 0 Å². The lowest BCUT2D eigenvalue weighted by molar-refractivity contribution is 0.0975. The Hall–Kier alpha value is -1.82. The van der Waals surface area contributed by atoms with E-state index in [1.807, 2.05) is 11.0 Å². The summed E-state index contributed by atoms with van der Waals surface area (Å²) in [6, 6.07) is 4.06. The maximum atomic E-state index is 12.6. The van der Waals surface area contributed by atoms with E-state index in [2.05, 4.69) is 15.2 Å². The lowest BCUT2D eigenvalue weighted by Crippen LogP contribution is -2.52. The Labute approximate surface area is 137 Å². The van der Waals surface area contributed by atoms with Crippen LogP contribution in [0, 0.1) is 0 Å². The van der Waals surface area contributed by atoms with Gasteiger partial charge < -0.3 is 15.0 Å². The highest BCUT2D eigenvalue weighted by molar-refractivity contribution is 5.90. The van der Waals surface area contributed by atoms with Crippen molar-refractivity contribution >= 4 is 11.7 Å². The molecule has 1 N–H and O–H groups in total. The second kappa shape index (κ2) is 7.64. The molecule has 0 aliphatic carbocycles. The van der Waals surface area contributed by atoms with E-state index >= 15 is 0 Å². The molecule has 0 unspecified atom stereocenters. The summed E-state index contributed by atoms with van der Waals surface area (Å²) in [6.45, 7) is 3.99. The van der Waals surface area contributed by atoms with E-state index in [9.17, 15) is 4.79 Å². The fourth-order valence-corrected chi connectivity index (χ4v) is 3.56. The predicted molar refractivity (Wildman–Crippen MR) is 89.8 cm³/mol. The summed E-state index contributed by atoms with van der Waals surface area (Å²) < 4.78 is 5.20. The molecule has 2 amide bonds. The van der Waals surface area contributed by atoms with Crippen LogP contribution in [0.25, 0.3) is 0 Å². The van der Waals surface area contributed by atoms with Crippen molar-refractivity contribution in [3.05, 3.63) is 18.3 Å². The Bertz CT molecular complexity index is 531. The molecule has 1 aromatic heterocycles. The first-order valence-electron chi connectivity index (χ1n) is 8.57. The smallest absolute Gasteiger partial charge is 0.322 e. The van der Waals surface area contributed by atoms with E-state index in [1.54, 1.807) is 19.4 Å². The first-order valence-corrected chi connectivity index (χ1v) is 8.57. The van der Waals surface area contributed by atoms with Crippen LogP contribution in [-0.4, -0.2) is 60.1 Å². The summed E-state index contributed by atoms with van der Waals surface area (Å²) in [5.41, 5.74) is 0.625. The molecule has 1 atom stereocenters. The van der Waals surface area contributed by atoms with Crippen molar-refractivity contribution in [3.8, 4) is 5.88 Å². The van der Waals surface area contributed by atoms with Crippen LogP contribution in [0.15, 0.2) is 18.3 Å². The fraction of sp³-hybridized carbons (Fsp3) is 0.647. The van der Waals surface area contributed by atoms with Crippen molar-refractivity contribution < 1.29 is 9.53 Å². The minimum absolute atomic E-state index is 0.0574. The van der Waals surface area contributed by atoms with Gasteiger partial charge in [0, 0.05) is 25.3 Å². The number of hydrogen-bond acceptors (Lipinski definition) is 4. The number of nitrogens with zero attached hydrogens (tertiary/aromatic N) is 3. The average Bonchev–Trinajstić information content (AvgIpc) is 2.63. The molecule has 2 aliphatic heterocycles. The summed E-state index contributed by atoms with van der Waals surface area (Å²) in [4.78, 5) is 21.2. The molecule has 3 rings (SSSR count). The number of nitrogens with one attached hydrogen (secondary N) is 1. The van der Waals surface area contributed by atoms with Crippen LogP contribution in [0.1, 0.15) is 32.1 Å². The Morgan fingerprint density at radius 2 is 2.09 bits per heavy atom. The van der Waals surface area contributed by atoms with Crippen molar-refractivity contribution in [2.24, 2.45) is 0 Å². The normalized spacial score (nSPS) is 22.7. The molecule has 2 saturated heterocycles. The van der Waals surface area contributed by atoms with Gasteiger partial charge in [-0.25, -0.2) is 9.78 Å². The van der Waals surface area contributed by atoms with E-state index in [4.69, 9.17) is 4.74 Å². The van der Waals surface area contributed by atoms with Crippen molar-refractivity contribution in [3.63, 3.8) is 0 Å². The number of urea groups is 1. The van der Waals surface area contributed by atoms with Gasteiger partial charge in [-0.2, -0.15) is 0 Å². The van der Waals surface area contributed by atoms with Gasteiger partial charge in [0.25, 0.3) is 0 Å². The van der Waals surface area contributed by atoms with Crippen LogP contribution in [-0.2, 0) is 0 Å². The molecule has 2 fully saturated rings. The molecule has 23 heavy (non-hydrogen) atoms. The number of likely N-dealkylation sites (tertiary alicyclic amines) is 2. The van der Waals surface area contributed by atoms with Crippen LogP contribution in [0.3, 0.4) is 0 Å². The van der Waals surface area contributed by atoms with Gasteiger partial charge in [-0.05, 0) is 50.9 Å². The third-order valence-electron chi connectivity index (χ3n) is 4.80. The monoisotopic (exact) mass is 318 g/mol. The standard InChI is InChI=1S/C17H26N4O2/c1-23-16-15(8-5-9-18-16)19-17(22)21-12-6-7-14(13-21)20-10-3-2-4-11-20/h5,8-9,14H,2-4,6-7,10-13H2,1H3,(H,19,22)/t14-/m1/s1. The molecule has 6 heteroatoms. The van der Waals surface area contributed by atoms with Gasteiger partial charge in [0.15, 0.2) is 0 Å². The quantitative estimate of drug-likeness (QED) is 0.930. The molecule has 1 aromatic rings. The highest BCUT2D eigenvalue weighted by atomic mass is 16.5. The highest BCUT2D eigenvalue weighted by Crippen LogP contribution is 2.23. The van der Waals surface area contributed by atoms with E-state index in [0.717, 1.165) is 19.5 Å². The number of ether oxygens (including phenoxy) is 1. The van der Waals surface area contributed by atoms with Gasteiger partial charge in [0.1, 0.15) is 5.69 Å². The number of pyridine rings is 1. The zero-order valence-corrected chi connectivity index (χ0v) is 13.8. The van der Waals surface area contributed by atoms with Crippen LogP contribution < -0.4 is 10.1 Å². The molecular formula is C17H26N4O2. The number of aromatic nitrogens is 1. The van der Waals surface area contributed by atoms with Gasteiger partial charge in [0.05, 0.1) is 7.11 Å². The lowest BCUT2D eigenvalue weighted by Gasteiger charge is -2.40. The molecule has 2 aliphatic rings. The number of amides is 2. The van der Waals surface area contributed by atoms with Crippen LogP contribution >= 0.6 is 0 Å². The van der Waals surface area contributed by atoms with E-state index in [0.29, 0.717) is 17.6 Å². The number of piperidine rings is 2. The van der Waals surface area contributed by atoms with Crippen LogP contribution in [0.5, 0.6) is 5.88 Å². The molecule has 0 saturated carbocycles. The summed E-state index contributed by atoms with van der Waals surface area (Å²) >= 11 is 0. The second-order valence-electron chi connectivity index (χ2n) is 6.33. The molecule has 3 heterocycles. The minimum Gasteiger partial charge on any atom is -0.480 e. The summed E-state index contributed by atoms with van der Waals surface area (Å²) in [6.07, 6.45) is 7.83. The van der Waals surface area contributed by atoms with Crippen molar-refractivity contribution in [2.45, 2.75) is 38.1 Å². The van der Waals surface area contributed by atoms with E-state index in [-0.39, 0.29) is 6.03 Å². The van der Waals surface area contributed by atoms with Gasteiger partial charge in [0.2, 0.25) is 5.88 Å². The molecule has 0 bridgehead atoms. The summed E-state index contributed by atoms with van der Waals surface area (Å²) in [5, 5.41) is 2.94. The zero-order chi connectivity index (χ0) is 16.1. The third kappa shape index (κ3) is 3.93. The molecule has 6 nitrogen and oxygen atoms in total. The van der Waals surface area contributed by atoms with Crippen LogP contribution in [0.4, 0.5) is 10.5 Å². The number of methoxy groups -OCH3 is 1. The maximum Gasteiger partial charge on any atom is 0.322 e. The Morgan fingerprint density at radius 1 is 1.26 bits per heavy atom. The van der Waals surface area contributed by atoms with E-state index < -0.39 is 0 Å². The highest BCUT2D eigenvalue weighted by Gasteiger charge is 2.28. The summed E-state index contributed by atoms with van der Waals surface area (Å²) in [7, 11) is 1.56. The first kappa shape index (κ1) is 16.1. The van der Waals surface area contributed by atoms with Crippen molar-refractivity contribution in [2.75, 3.05) is 38.6 Å². The molecular weight excluding hydrogens is 292 g/mol. The van der Waals surface area contributed by atoms with Gasteiger partial charge in [-0.3, -0.25) is 4.90 Å². The lowest BCUT2D eigenvalue weighted by atomic mass is 10.0. The molecule has 126 valence electrons. The fourth-order valence-electron chi connectivity index (χ4n) is 3.56. The topological polar surface area (TPSA) is 57.7 Å². The first-order chi connectivity index (χ1) is 11.3. The Kier molecular flexibility index (Phi) is 5.33. The minimum atomic E-state index is -0.0574. The van der Waals surface area contributed by atoms with Crippen molar-refractivity contribution in [1.29, 1.82) is 0 Å². The Balaban J connectivity index is 1.60. The summed E-state index contributed by atoms with van der Waals surface area (Å²) in [5.74, 6) is 0.449. The average molecular weight is 318 g/mol. The van der Waals surface area contributed by atoms with Gasteiger partial charge >= 0.3 is 6.03 Å². The number of carbonyl (C=O) groups is 1. The Morgan fingerprint density at radius 3 is 2.87 bits per heavy atom. The third-order valence-corrected chi connectivity index (χ3v) is 4.80. The number of hydrogen-bond donors (Lipinski definition) is 1. The number of carbonyl (C=O) groups excluding carboxylic acids is 1. The molecule has 0 radical (unpaired) electrons. The van der Waals surface area contributed by atoms with Gasteiger partial charge in [-0.1, -0.05) is 6.42 Å². The zero-order valence-electron chi connectivity index (χ0n) is 13.8. The van der Waals surface area contributed by atoms with Crippen molar-refractivity contribution in [1.82, 2.24) is 14.8 Å². The molecule has 0 aromatic carbocycles. The predicted octanol–water partition coefficient (Wildman–Crippen LogP) is 2.57. The number of rotatable bonds is 3.